The van der Waals surface area contributed by atoms with Gasteiger partial charge in [0.15, 0.2) is 0 Å². The lowest BCUT2D eigenvalue weighted by atomic mass is 10.1. The first-order valence-corrected chi connectivity index (χ1v) is 8.32. The fraction of sp³-hybridized carbons (Fsp3) is 0.467. The molecule has 0 spiro atoms. The average molecular weight is 307 g/mol. The highest BCUT2D eigenvalue weighted by molar-refractivity contribution is 7.99. The van der Waals surface area contributed by atoms with Gasteiger partial charge in [0.05, 0.1) is 6.04 Å². The molecule has 1 aromatic carbocycles. The molecule has 114 valence electrons. The maximum absolute atomic E-state index is 12.2. The van der Waals surface area contributed by atoms with Gasteiger partial charge in [0.2, 0.25) is 5.91 Å². The molecule has 1 aliphatic rings. The van der Waals surface area contributed by atoms with Gasteiger partial charge in [0.1, 0.15) is 0 Å². The topological polar surface area (TPSA) is 61.4 Å². The van der Waals surface area contributed by atoms with E-state index in [9.17, 15) is 9.59 Å². The van der Waals surface area contributed by atoms with Crippen molar-refractivity contribution < 1.29 is 9.59 Å². The quantitative estimate of drug-likeness (QED) is 0.870. The minimum absolute atomic E-state index is 0.0201. The minimum Gasteiger partial charge on any atom is -0.339 e. The summed E-state index contributed by atoms with van der Waals surface area (Å²) in [6, 6.07) is 6.93. The normalized spacial score (nSPS) is 17.5. The molecule has 2 amide bonds. The molecular weight excluding hydrogens is 286 g/mol. The van der Waals surface area contributed by atoms with Crippen LogP contribution >= 0.6 is 11.8 Å². The van der Waals surface area contributed by atoms with Gasteiger partial charge in [-0.2, -0.15) is 0 Å². The maximum atomic E-state index is 12.2. The third kappa shape index (κ3) is 3.98. The fourth-order valence-corrected chi connectivity index (χ4v) is 3.12. The lowest BCUT2D eigenvalue weighted by Crippen LogP contribution is -2.37. The van der Waals surface area contributed by atoms with Crippen molar-refractivity contribution in [3.05, 3.63) is 29.8 Å². The van der Waals surface area contributed by atoms with E-state index in [0.29, 0.717) is 18.7 Å². The Morgan fingerprint density at radius 2 is 1.95 bits per heavy atom. The molecule has 0 radical (unpaired) electrons. The van der Waals surface area contributed by atoms with Crippen LogP contribution in [0.25, 0.3) is 0 Å². The van der Waals surface area contributed by atoms with Crippen molar-refractivity contribution in [2.75, 3.05) is 30.0 Å². The summed E-state index contributed by atoms with van der Waals surface area (Å²) in [6.07, 6.45) is 0. The summed E-state index contributed by atoms with van der Waals surface area (Å²) >= 11 is 1.71. The molecule has 1 fully saturated rings. The molecule has 1 heterocycles. The number of carbonyl (C=O) groups is 2. The van der Waals surface area contributed by atoms with E-state index in [1.165, 1.54) is 0 Å². The van der Waals surface area contributed by atoms with Crippen LogP contribution in [0.3, 0.4) is 0 Å². The number of amides is 2. The summed E-state index contributed by atoms with van der Waals surface area (Å²) in [5.41, 5.74) is 1.36. The monoisotopic (exact) mass is 307 g/mol. The Kier molecular flexibility index (Phi) is 5.64. The zero-order valence-electron chi connectivity index (χ0n) is 12.4. The molecule has 1 unspecified atom stereocenters. The molecule has 2 N–H and O–H groups in total. The van der Waals surface area contributed by atoms with Crippen molar-refractivity contribution in [1.82, 2.24) is 10.2 Å². The van der Waals surface area contributed by atoms with Crippen molar-refractivity contribution >= 4 is 29.3 Å². The minimum atomic E-state index is -0.132. The summed E-state index contributed by atoms with van der Waals surface area (Å²) in [7, 11) is 0. The molecule has 21 heavy (non-hydrogen) atoms. The van der Waals surface area contributed by atoms with Crippen molar-refractivity contribution in [1.29, 1.82) is 0 Å². The first-order valence-electron chi connectivity index (χ1n) is 7.17. The van der Waals surface area contributed by atoms with Crippen molar-refractivity contribution in [2.24, 2.45) is 0 Å². The Balaban J connectivity index is 1.98. The van der Waals surface area contributed by atoms with E-state index in [1.54, 1.807) is 40.9 Å². The van der Waals surface area contributed by atoms with Crippen LogP contribution < -0.4 is 10.6 Å². The highest BCUT2D eigenvalue weighted by Crippen LogP contribution is 2.14. The molecule has 0 aliphatic carbocycles. The van der Waals surface area contributed by atoms with Crippen LogP contribution in [-0.2, 0) is 4.79 Å². The smallest absolute Gasteiger partial charge is 0.253 e. The predicted molar refractivity (Wildman–Crippen MR) is 86.6 cm³/mol. The number of hydrogen-bond acceptors (Lipinski definition) is 4. The number of nitrogens with zero attached hydrogens (tertiary/aromatic N) is 1. The highest BCUT2D eigenvalue weighted by atomic mass is 32.2. The third-order valence-electron chi connectivity index (χ3n) is 3.48. The molecule has 0 bridgehead atoms. The van der Waals surface area contributed by atoms with Gasteiger partial charge in [-0.25, -0.2) is 0 Å². The second-order valence-corrected chi connectivity index (χ2v) is 5.85. The third-order valence-corrected chi connectivity index (χ3v) is 4.42. The van der Waals surface area contributed by atoms with E-state index >= 15 is 0 Å². The number of hydrogen-bond donors (Lipinski definition) is 2. The van der Waals surface area contributed by atoms with Gasteiger partial charge >= 0.3 is 0 Å². The SMILES string of the molecule is CCN(CC)C(=O)c1ccc(NC(=O)C2CSCN2)cc1. The molecule has 0 aromatic heterocycles. The van der Waals surface area contributed by atoms with Crippen LogP contribution in [0.15, 0.2) is 24.3 Å². The lowest BCUT2D eigenvalue weighted by molar-refractivity contribution is -0.117. The Morgan fingerprint density at radius 3 is 2.48 bits per heavy atom. The second kappa shape index (κ2) is 7.47. The molecule has 1 aliphatic heterocycles. The zero-order valence-corrected chi connectivity index (χ0v) is 13.2. The summed E-state index contributed by atoms with van der Waals surface area (Å²) in [6.45, 7) is 5.31. The highest BCUT2D eigenvalue weighted by Gasteiger charge is 2.22. The first kappa shape index (κ1) is 15.9. The Hall–Kier alpha value is -1.53. The molecule has 5 nitrogen and oxygen atoms in total. The van der Waals surface area contributed by atoms with E-state index in [4.69, 9.17) is 0 Å². The van der Waals surface area contributed by atoms with Gasteiger partial charge in [-0.05, 0) is 38.1 Å². The van der Waals surface area contributed by atoms with Crippen molar-refractivity contribution in [3.63, 3.8) is 0 Å². The van der Waals surface area contributed by atoms with Gasteiger partial charge in [0.25, 0.3) is 5.91 Å². The van der Waals surface area contributed by atoms with Gasteiger partial charge in [-0.1, -0.05) is 0 Å². The largest absolute Gasteiger partial charge is 0.339 e. The summed E-state index contributed by atoms with van der Waals surface area (Å²) < 4.78 is 0. The molecule has 0 saturated carbocycles. The van der Waals surface area contributed by atoms with Crippen LogP contribution in [0.2, 0.25) is 0 Å². The Bertz CT molecular complexity index is 494. The maximum Gasteiger partial charge on any atom is 0.253 e. The van der Waals surface area contributed by atoms with Gasteiger partial charge in [-0.15, -0.1) is 11.8 Å². The fourth-order valence-electron chi connectivity index (χ4n) is 2.18. The van der Waals surface area contributed by atoms with Gasteiger partial charge in [0, 0.05) is 36.0 Å². The van der Waals surface area contributed by atoms with E-state index < -0.39 is 0 Å². The van der Waals surface area contributed by atoms with Crippen molar-refractivity contribution in [2.45, 2.75) is 19.9 Å². The van der Waals surface area contributed by atoms with Crippen LogP contribution in [0, 0.1) is 0 Å². The number of benzene rings is 1. The summed E-state index contributed by atoms with van der Waals surface area (Å²) in [5, 5.41) is 5.99. The first-order chi connectivity index (χ1) is 10.2. The second-order valence-electron chi connectivity index (χ2n) is 4.82. The van der Waals surface area contributed by atoms with Crippen LogP contribution in [0.4, 0.5) is 5.69 Å². The van der Waals surface area contributed by atoms with Gasteiger partial charge < -0.3 is 10.2 Å². The zero-order chi connectivity index (χ0) is 15.2. The van der Waals surface area contributed by atoms with Crippen LogP contribution in [-0.4, -0.2) is 47.5 Å². The molecule has 1 saturated heterocycles. The van der Waals surface area contributed by atoms with E-state index in [0.717, 1.165) is 17.3 Å². The number of nitrogens with one attached hydrogen (secondary N) is 2. The number of anilines is 1. The van der Waals surface area contributed by atoms with Gasteiger partial charge in [-0.3, -0.25) is 14.9 Å². The van der Waals surface area contributed by atoms with E-state index in [2.05, 4.69) is 10.6 Å². The molecule has 6 heteroatoms. The lowest BCUT2D eigenvalue weighted by Gasteiger charge is -2.18. The standard InChI is InChI=1S/C15H21N3O2S/c1-3-18(4-2)15(20)11-5-7-12(8-6-11)17-14(19)13-9-21-10-16-13/h5-8,13,16H,3-4,9-10H2,1-2H3,(H,17,19). The van der Waals surface area contributed by atoms with Crippen LogP contribution in [0.1, 0.15) is 24.2 Å². The van der Waals surface area contributed by atoms with E-state index in [1.807, 2.05) is 13.8 Å². The summed E-state index contributed by atoms with van der Waals surface area (Å²) in [4.78, 5) is 25.9. The summed E-state index contributed by atoms with van der Waals surface area (Å²) in [5.74, 6) is 1.61. The number of carbonyl (C=O) groups excluding carboxylic acids is 2. The van der Waals surface area contributed by atoms with E-state index in [-0.39, 0.29) is 17.9 Å². The van der Waals surface area contributed by atoms with Crippen molar-refractivity contribution in [3.8, 4) is 0 Å². The number of rotatable bonds is 5. The molecule has 2 rings (SSSR count). The molecule has 1 atom stereocenters. The Morgan fingerprint density at radius 1 is 1.29 bits per heavy atom. The average Bonchev–Trinajstić information content (AvgIpc) is 3.03. The molecular formula is C15H21N3O2S. The number of thioether (sulfide) groups is 1. The van der Waals surface area contributed by atoms with Crippen LogP contribution in [0.5, 0.6) is 0 Å². The Labute approximate surface area is 129 Å². The predicted octanol–water partition coefficient (Wildman–Crippen LogP) is 1.77. The molecule has 1 aromatic rings.